The molecule has 0 unspecified atom stereocenters. The zero-order chi connectivity index (χ0) is 12.1. The summed E-state index contributed by atoms with van der Waals surface area (Å²) in [6.45, 7) is 1.46. The zero-order valence-corrected chi connectivity index (χ0v) is 10.9. The van der Waals surface area contributed by atoms with Gasteiger partial charge in [0.05, 0.1) is 12.3 Å². The Labute approximate surface area is 105 Å². The molecular formula is C13H16N2OS. The van der Waals surface area contributed by atoms with E-state index in [2.05, 4.69) is 33.9 Å². The lowest BCUT2D eigenvalue weighted by Gasteiger charge is -2.01. The van der Waals surface area contributed by atoms with Gasteiger partial charge in [0, 0.05) is 24.6 Å². The van der Waals surface area contributed by atoms with Gasteiger partial charge in [-0.2, -0.15) is 0 Å². The standard InChI is InChI=1S/C13H16N2OS/c1-14-7-12-9-17-13(15-12)11-5-3-4-10(6-11)8-16-2/h3-6,9,14H,7-8H2,1-2H3. The van der Waals surface area contributed by atoms with Crippen LogP contribution in [0.1, 0.15) is 11.3 Å². The minimum atomic E-state index is 0.641. The van der Waals surface area contributed by atoms with Gasteiger partial charge in [-0.25, -0.2) is 4.98 Å². The molecule has 0 aliphatic heterocycles. The largest absolute Gasteiger partial charge is 0.380 e. The molecule has 1 heterocycles. The van der Waals surface area contributed by atoms with Gasteiger partial charge in [0.15, 0.2) is 0 Å². The highest BCUT2D eigenvalue weighted by atomic mass is 32.1. The van der Waals surface area contributed by atoms with Crippen LogP contribution in [0.4, 0.5) is 0 Å². The number of benzene rings is 1. The van der Waals surface area contributed by atoms with Crippen molar-refractivity contribution in [3.05, 3.63) is 40.9 Å². The minimum Gasteiger partial charge on any atom is -0.380 e. The van der Waals surface area contributed by atoms with Crippen molar-refractivity contribution in [3.63, 3.8) is 0 Å². The van der Waals surface area contributed by atoms with Gasteiger partial charge in [0.25, 0.3) is 0 Å². The maximum absolute atomic E-state index is 5.14. The molecule has 0 bridgehead atoms. The summed E-state index contributed by atoms with van der Waals surface area (Å²) in [4.78, 5) is 4.59. The van der Waals surface area contributed by atoms with E-state index in [0.717, 1.165) is 22.8 Å². The lowest BCUT2D eigenvalue weighted by atomic mass is 10.1. The van der Waals surface area contributed by atoms with Gasteiger partial charge in [-0.1, -0.05) is 18.2 Å². The molecule has 0 saturated heterocycles. The molecule has 2 rings (SSSR count). The van der Waals surface area contributed by atoms with Crippen LogP contribution in [0.3, 0.4) is 0 Å². The van der Waals surface area contributed by atoms with E-state index in [1.165, 1.54) is 5.56 Å². The zero-order valence-electron chi connectivity index (χ0n) is 10.1. The van der Waals surface area contributed by atoms with Crippen molar-refractivity contribution in [2.75, 3.05) is 14.2 Å². The third-order valence-corrected chi connectivity index (χ3v) is 3.33. The number of nitrogens with zero attached hydrogens (tertiary/aromatic N) is 1. The van der Waals surface area contributed by atoms with Crippen molar-refractivity contribution in [2.24, 2.45) is 0 Å². The van der Waals surface area contributed by atoms with Crippen LogP contribution in [-0.4, -0.2) is 19.1 Å². The summed E-state index contributed by atoms with van der Waals surface area (Å²) >= 11 is 1.68. The fraction of sp³-hybridized carbons (Fsp3) is 0.308. The Balaban J connectivity index is 2.22. The molecule has 4 heteroatoms. The van der Waals surface area contributed by atoms with Crippen molar-refractivity contribution in [3.8, 4) is 10.6 Å². The van der Waals surface area contributed by atoms with Crippen LogP contribution >= 0.6 is 11.3 Å². The minimum absolute atomic E-state index is 0.641. The third kappa shape index (κ3) is 3.12. The molecule has 1 aromatic heterocycles. The van der Waals surface area contributed by atoms with Crippen molar-refractivity contribution < 1.29 is 4.74 Å². The lowest BCUT2D eigenvalue weighted by molar-refractivity contribution is 0.185. The number of nitrogens with one attached hydrogen (secondary N) is 1. The van der Waals surface area contributed by atoms with Crippen molar-refractivity contribution in [1.29, 1.82) is 0 Å². The predicted molar refractivity (Wildman–Crippen MR) is 71.0 cm³/mol. The molecule has 1 aromatic carbocycles. The highest BCUT2D eigenvalue weighted by Crippen LogP contribution is 2.24. The van der Waals surface area contributed by atoms with E-state index in [-0.39, 0.29) is 0 Å². The maximum atomic E-state index is 5.14. The second-order valence-corrected chi connectivity index (χ2v) is 4.67. The summed E-state index contributed by atoms with van der Waals surface area (Å²) in [5.74, 6) is 0. The van der Waals surface area contributed by atoms with E-state index in [1.54, 1.807) is 18.4 Å². The van der Waals surface area contributed by atoms with Gasteiger partial charge in [-0.05, 0) is 18.7 Å². The fourth-order valence-corrected chi connectivity index (χ4v) is 2.48. The number of hydrogen-bond acceptors (Lipinski definition) is 4. The highest BCUT2D eigenvalue weighted by Gasteiger charge is 2.04. The van der Waals surface area contributed by atoms with Gasteiger partial charge in [-0.15, -0.1) is 11.3 Å². The van der Waals surface area contributed by atoms with Crippen molar-refractivity contribution in [2.45, 2.75) is 13.2 Å². The first-order valence-corrected chi connectivity index (χ1v) is 6.38. The Hall–Kier alpha value is -1.23. The summed E-state index contributed by atoms with van der Waals surface area (Å²) in [7, 11) is 3.64. The van der Waals surface area contributed by atoms with Gasteiger partial charge in [0.1, 0.15) is 5.01 Å². The van der Waals surface area contributed by atoms with Gasteiger partial charge >= 0.3 is 0 Å². The van der Waals surface area contributed by atoms with Crippen LogP contribution in [0, 0.1) is 0 Å². The Morgan fingerprint density at radius 1 is 1.41 bits per heavy atom. The Morgan fingerprint density at radius 3 is 3.06 bits per heavy atom. The van der Waals surface area contributed by atoms with Gasteiger partial charge in [0.2, 0.25) is 0 Å². The van der Waals surface area contributed by atoms with Crippen LogP contribution in [-0.2, 0) is 17.9 Å². The maximum Gasteiger partial charge on any atom is 0.123 e. The molecule has 0 aliphatic rings. The molecule has 1 N–H and O–H groups in total. The van der Waals surface area contributed by atoms with E-state index in [9.17, 15) is 0 Å². The molecular weight excluding hydrogens is 232 g/mol. The first kappa shape index (κ1) is 12.2. The second-order valence-electron chi connectivity index (χ2n) is 3.81. The van der Waals surface area contributed by atoms with Crippen LogP contribution in [0.15, 0.2) is 29.6 Å². The number of thiazole rings is 1. The molecule has 0 amide bonds. The molecule has 0 atom stereocenters. The Kier molecular flexibility index (Phi) is 4.25. The normalized spacial score (nSPS) is 10.7. The quantitative estimate of drug-likeness (QED) is 0.883. The SMILES string of the molecule is CNCc1csc(-c2cccc(COC)c2)n1. The number of rotatable bonds is 5. The molecule has 0 aliphatic carbocycles. The molecule has 17 heavy (non-hydrogen) atoms. The summed E-state index contributed by atoms with van der Waals surface area (Å²) in [6, 6.07) is 8.32. The summed E-state index contributed by atoms with van der Waals surface area (Å²) in [6.07, 6.45) is 0. The van der Waals surface area contributed by atoms with E-state index in [4.69, 9.17) is 4.74 Å². The Bertz CT molecular complexity index is 482. The van der Waals surface area contributed by atoms with Crippen molar-refractivity contribution >= 4 is 11.3 Å². The van der Waals surface area contributed by atoms with Gasteiger partial charge < -0.3 is 10.1 Å². The predicted octanol–water partition coefficient (Wildman–Crippen LogP) is 2.68. The molecule has 0 fully saturated rings. The van der Waals surface area contributed by atoms with E-state index in [1.807, 2.05) is 13.1 Å². The number of aromatic nitrogens is 1. The number of ether oxygens (including phenoxy) is 1. The Morgan fingerprint density at radius 2 is 2.29 bits per heavy atom. The first-order valence-electron chi connectivity index (χ1n) is 5.50. The first-order chi connectivity index (χ1) is 8.33. The number of methoxy groups -OCH3 is 1. The van der Waals surface area contributed by atoms with Crippen LogP contribution < -0.4 is 5.32 Å². The topological polar surface area (TPSA) is 34.1 Å². The molecule has 0 saturated carbocycles. The van der Waals surface area contributed by atoms with E-state index < -0.39 is 0 Å². The second kappa shape index (κ2) is 5.91. The third-order valence-electron chi connectivity index (χ3n) is 2.39. The summed E-state index contributed by atoms with van der Waals surface area (Å²) in [5, 5.41) is 6.26. The molecule has 3 nitrogen and oxygen atoms in total. The monoisotopic (exact) mass is 248 g/mol. The van der Waals surface area contributed by atoms with E-state index in [0.29, 0.717) is 6.61 Å². The molecule has 0 radical (unpaired) electrons. The fourth-order valence-electron chi connectivity index (χ4n) is 1.66. The van der Waals surface area contributed by atoms with Crippen LogP contribution in [0.25, 0.3) is 10.6 Å². The summed E-state index contributed by atoms with van der Waals surface area (Å²) < 4.78 is 5.14. The van der Waals surface area contributed by atoms with Crippen LogP contribution in [0.2, 0.25) is 0 Å². The molecule has 2 aromatic rings. The average molecular weight is 248 g/mol. The number of hydrogen-bond donors (Lipinski definition) is 1. The smallest absolute Gasteiger partial charge is 0.123 e. The molecule has 0 spiro atoms. The van der Waals surface area contributed by atoms with Gasteiger partial charge in [-0.3, -0.25) is 0 Å². The average Bonchev–Trinajstić information content (AvgIpc) is 2.79. The van der Waals surface area contributed by atoms with E-state index >= 15 is 0 Å². The highest BCUT2D eigenvalue weighted by molar-refractivity contribution is 7.13. The lowest BCUT2D eigenvalue weighted by Crippen LogP contribution is -2.04. The van der Waals surface area contributed by atoms with Crippen molar-refractivity contribution in [1.82, 2.24) is 10.3 Å². The molecule has 90 valence electrons. The van der Waals surface area contributed by atoms with Crippen LogP contribution in [0.5, 0.6) is 0 Å². The summed E-state index contributed by atoms with van der Waals surface area (Å²) in [5.41, 5.74) is 3.42.